The summed E-state index contributed by atoms with van der Waals surface area (Å²) in [5.41, 5.74) is 2.54. The molecule has 0 aromatic heterocycles. The van der Waals surface area contributed by atoms with Crippen molar-refractivity contribution in [2.24, 2.45) is 0 Å². The van der Waals surface area contributed by atoms with Gasteiger partial charge in [0, 0.05) is 0 Å². The van der Waals surface area contributed by atoms with E-state index in [0.29, 0.717) is 5.56 Å². The lowest BCUT2D eigenvalue weighted by Gasteiger charge is -2.03. The van der Waals surface area contributed by atoms with Gasteiger partial charge in [0.05, 0.1) is 12.2 Å². The zero-order valence-electron chi connectivity index (χ0n) is 8.37. The predicted molar refractivity (Wildman–Crippen MR) is 52.6 cm³/mol. The van der Waals surface area contributed by atoms with Gasteiger partial charge in [0.2, 0.25) is 0 Å². The Labute approximate surface area is 83.6 Å². The number of rotatable bonds is 3. The molecule has 1 aromatic rings. The number of benzene rings is 1. The summed E-state index contributed by atoms with van der Waals surface area (Å²) < 4.78 is 0. The van der Waals surface area contributed by atoms with Crippen LogP contribution in [-0.4, -0.2) is 12.6 Å². The van der Waals surface area contributed by atoms with Gasteiger partial charge in [-0.1, -0.05) is 17.2 Å². The molecule has 0 amide bonds. The molecule has 0 aliphatic rings. The van der Waals surface area contributed by atoms with Gasteiger partial charge in [-0.15, -0.1) is 0 Å². The SMILES string of the molecule is [CH2]COOC(=O)c1cc(C)cc(C)c1. The predicted octanol–water partition coefficient (Wildman–Crippen LogP) is 2.23. The van der Waals surface area contributed by atoms with E-state index in [1.54, 1.807) is 12.1 Å². The van der Waals surface area contributed by atoms with Gasteiger partial charge in [-0.25, -0.2) is 4.79 Å². The number of aryl methyl sites for hydroxylation is 2. The molecule has 0 heterocycles. The highest BCUT2D eigenvalue weighted by Gasteiger charge is 2.08. The van der Waals surface area contributed by atoms with Crippen molar-refractivity contribution in [3.8, 4) is 0 Å². The van der Waals surface area contributed by atoms with Gasteiger partial charge >= 0.3 is 5.97 Å². The molecule has 0 spiro atoms. The minimum Gasteiger partial charge on any atom is -0.293 e. The highest BCUT2D eigenvalue weighted by Crippen LogP contribution is 2.10. The Balaban J connectivity index is 2.79. The minimum atomic E-state index is -0.486. The molecule has 1 radical (unpaired) electrons. The van der Waals surface area contributed by atoms with E-state index in [0.717, 1.165) is 11.1 Å². The van der Waals surface area contributed by atoms with Crippen molar-refractivity contribution in [1.29, 1.82) is 0 Å². The molecule has 0 aliphatic heterocycles. The summed E-state index contributed by atoms with van der Waals surface area (Å²) in [5.74, 6) is -0.486. The van der Waals surface area contributed by atoms with E-state index < -0.39 is 5.97 Å². The van der Waals surface area contributed by atoms with E-state index in [4.69, 9.17) is 0 Å². The molecule has 3 heteroatoms. The topological polar surface area (TPSA) is 35.5 Å². The molecule has 0 saturated carbocycles. The van der Waals surface area contributed by atoms with Gasteiger partial charge in [-0.3, -0.25) is 4.89 Å². The standard InChI is InChI=1S/C11H13O3/c1-4-13-14-11(12)10-6-8(2)5-9(3)7-10/h5-7H,1,4H2,2-3H3. The quantitative estimate of drug-likeness (QED) is 0.545. The first-order valence-corrected chi connectivity index (χ1v) is 4.35. The van der Waals surface area contributed by atoms with Crippen molar-refractivity contribution in [2.75, 3.05) is 6.61 Å². The Hall–Kier alpha value is -1.35. The Morgan fingerprint density at radius 1 is 1.29 bits per heavy atom. The third kappa shape index (κ3) is 2.85. The van der Waals surface area contributed by atoms with Crippen LogP contribution in [0.4, 0.5) is 0 Å². The maximum Gasteiger partial charge on any atom is 0.373 e. The highest BCUT2D eigenvalue weighted by molar-refractivity contribution is 5.89. The highest BCUT2D eigenvalue weighted by atomic mass is 17.2. The second-order valence-corrected chi connectivity index (χ2v) is 3.07. The van der Waals surface area contributed by atoms with Crippen molar-refractivity contribution < 1.29 is 14.6 Å². The molecular formula is C11H13O3. The fraction of sp³-hybridized carbons (Fsp3) is 0.273. The van der Waals surface area contributed by atoms with Gasteiger partial charge in [0.15, 0.2) is 0 Å². The summed E-state index contributed by atoms with van der Waals surface area (Å²) >= 11 is 0. The molecule has 0 fully saturated rings. The summed E-state index contributed by atoms with van der Waals surface area (Å²) in [6.07, 6.45) is 0. The summed E-state index contributed by atoms with van der Waals surface area (Å²) in [5, 5.41) is 0. The normalized spacial score (nSPS) is 9.93. The van der Waals surface area contributed by atoms with E-state index in [1.807, 2.05) is 19.9 Å². The number of hydrogen-bond donors (Lipinski definition) is 0. The number of carbonyl (C=O) groups is 1. The fourth-order valence-corrected chi connectivity index (χ4v) is 1.24. The van der Waals surface area contributed by atoms with Crippen LogP contribution in [0.1, 0.15) is 21.5 Å². The number of carbonyl (C=O) groups excluding carboxylic acids is 1. The van der Waals surface area contributed by atoms with Crippen LogP contribution in [0.15, 0.2) is 18.2 Å². The molecule has 1 aromatic carbocycles. The van der Waals surface area contributed by atoms with Gasteiger partial charge in [0.25, 0.3) is 0 Å². The minimum absolute atomic E-state index is 0.108. The summed E-state index contributed by atoms with van der Waals surface area (Å²) in [6, 6.07) is 5.49. The van der Waals surface area contributed by atoms with E-state index in [1.165, 1.54) is 0 Å². The van der Waals surface area contributed by atoms with E-state index in [-0.39, 0.29) is 6.61 Å². The molecule has 0 saturated heterocycles. The average molecular weight is 193 g/mol. The van der Waals surface area contributed by atoms with Crippen LogP contribution in [0.5, 0.6) is 0 Å². The molecule has 14 heavy (non-hydrogen) atoms. The van der Waals surface area contributed by atoms with Crippen LogP contribution in [0, 0.1) is 20.8 Å². The Kier molecular flexibility index (Phi) is 3.65. The summed E-state index contributed by atoms with van der Waals surface area (Å²) in [4.78, 5) is 20.3. The Morgan fingerprint density at radius 2 is 1.86 bits per heavy atom. The van der Waals surface area contributed by atoms with E-state index >= 15 is 0 Å². The van der Waals surface area contributed by atoms with Gasteiger partial charge in [0.1, 0.15) is 0 Å². The lowest BCUT2D eigenvalue weighted by molar-refractivity contribution is -0.232. The monoisotopic (exact) mass is 193 g/mol. The lowest BCUT2D eigenvalue weighted by atomic mass is 10.1. The Bertz CT molecular complexity index is 311. The van der Waals surface area contributed by atoms with Crippen molar-refractivity contribution >= 4 is 5.97 Å². The smallest absolute Gasteiger partial charge is 0.293 e. The molecule has 0 unspecified atom stereocenters. The molecule has 1 rings (SSSR count). The average Bonchev–Trinajstić information content (AvgIpc) is 2.12. The second kappa shape index (κ2) is 4.77. The third-order valence-corrected chi connectivity index (χ3v) is 1.68. The zero-order chi connectivity index (χ0) is 10.6. The van der Waals surface area contributed by atoms with Gasteiger partial charge in [-0.2, -0.15) is 4.89 Å². The largest absolute Gasteiger partial charge is 0.373 e. The summed E-state index contributed by atoms with van der Waals surface area (Å²) in [7, 11) is 0. The van der Waals surface area contributed by atoms with E-state index in [2.05, 4.69) is 16.7 Å². The van der Waals surface area contributed by atoms with Crippen molar-refractivity contribution in [2.45, 2.75) is 13.8 Å². The molecule has 0 bridgehead atoms. The maximum absolute atomic E-state index is 11.3. The van der Waals surface area contributed by atoms with Crippen LogP contribution in [0.3, 0.4) is 0 Å². The van der Waals surface area contributed by atoms with Gasteiger partial charge in [-0.05, 0) is 32.9 Å². The molecule has 0 atom stereocenters. The van der Waals surface area contributed by atoms with Crippen LogP contribution in [0.25, 0.3) is 0 Å². The molecular weight excluding hydrogens is 180 g/mol. The molecule has 3 nitrogen and oxygen atoms in total. The second-order valence-electron chi connectivity index (χ2n) is 3.07. The fourth-order valence-electron chi connectivity index (χ4n) is 1.24. The first-order chi connectivity index (χ1) is 6.63. The molecule has 75 valence electrons. The van der Waals surface area contributed by atoms with Crippen molar-refractivity contribution in [3.63, 3.8) is 0 Å². The van der Waals surface area contributed by atoms with Crippen molar-refractivity contribution in [1.82, 2.24) is 0 Å². The van der Waals surface area contributed by atoms with E-state index in [9.17, 15) is 4.79 Å². The summed E-state index contributed by atoms with van der Waals surface area (Å²) in [6.45, 7) is 7.34. The van der Waals surface area contributed by atoms with Crippen LogP contribution in [-0.2, 0) is 9.78 Å². The van der Waals surface area contributed by atoms with Crippen molar-refractivity contribution in [3.05, 3.63) is 41.8 Å². The number of hydrogen-bond acceptors (Lipinski definition) is 3. The third-order valence-electron chi connectivity index (χ3n) is 1.68. The van der Waals surface area contributed by atoms with Crippen LogP contribution in [0.2, 0.25) is 0 Å². The van der Waals surface area contributed by atoms with Gasteiger partial charge < -0.3 is 0 Å². The first-order valence-electron chi connectivity index (χ1n) is 4.35. The maximum atomic E-state index is 11.3. The first kappa shape index (κ1) is 10.7. The lowest BCUT2D eigenvalue weighted by Crippen LogP contribution is -2.06. The van der Waals surface area contributed by atoms with Crippen LogP contribution >= 0.6 is 0 Å². The van der Waals surface area contributed by atoms with Crippen LogP contribution < -0.4 is 0 Å². The molecule has 0 N–H and O–H groups in total. The zero-order valence-corrected chi connectivity index (χ0v) is 8.37. The molecule has 0 aliphatic carbocycles. The Morgan fingerprint density at radius 3 is 2.36 bits per heavy atom.